The number of aryl methyl sites for hydroxylation is 1. The highest BCUT2D eigenvalue weighted by molar-refractivity contribution is 7.21. The Kier molecular flexibility index (Phi) is 8.98. The molecule has 2 aromatic heterocycles. The molecule has 5 aromatic rings. The molecular weight excluding hydrogens is 586 g/mol. The zero-order chi connectivity index (χ0) is 31.5. The molecule has 0 saturated heterocycles. The molecule has 232 valence electrons. The molecule has 1 N–H and O–H groups in total. The smallest absolute Gasteiger partial charge is 0.347 e. The molecule has 0 fully saturated rings. The molecule has 0 radical (unpaired) electrons. The van der Waals surface area contributed by atoms with E-state index >= 15 is 0 Å². The fourth-order valence-corrected chi connectivity index (χ4v) is 7.29. The van der Waals surface area contributed by atoms with Crippen LogP contribution in [0.4, 0.5) is 5.69 Å². The van der Waals surface area contributed by atoms with E-state index in [1.807, 2.05) is 48.5 Å². The Labute approximate surface area is 265 Å². The third kappa shape index (κ3) is 6.09. The van der Waals surface area contributed by atoms with Crippen molar-refractivity contribution >= 4 is 50.1 Å². The van der Waals surface area contributed by atoms with Crippen molar-refractivity contribution in [2.45, 2.75) is 52.4 Å². The number of carbonyl (C=O) groups excluding carboxylic acids is 1. The van der Waals surface area contributed by atoms with Crippen LogP contribution in [0.1, 0.15) is 61.9 Å². The van der Waals surface area contributed by atoms with E-state index in [4.69, 9.17) is 9.40 Å². The lowest BCUT2D eigenvalue weighted by atomic mass is 9.90. The van der Waals surface area contributed by atoms with Gasteiger partial charge in [0.05, 0.1) is 10.2 Å². The molecule has 1 aliphatic heterocycles. The van der Waals surface area contributed by atoms with Gasteiger partial charge in [-0.15, -0.1) is 11.3 Å². The molecule has 0 aliphatic carbocycles. The third-order valence-corrected chi connectivity index (χ3v) is 9.58. The lowest BCUT2D eigenvalue weighted by molar-refractivity contribution is -0.137. The summed E-state index contributed by atoms with van der Waals surface area (Å²) in [5.41, 5.74) is 5.12. The second-order valence-electron chi connectivity index (χ2n) is 11.5. The number of anilines is 1. The average Bonchev–Trinajstić information content (AvgIpc) is 3.48. The molecule has 3 heterocycles. The normalized spacial score (nSPS) is 12.9. The first kappa shape index (κ1) is 30.5. The monoisotopic (exact) mass is 623 g/mol. The van der Waals surface area contributed by atoms with E-state index in [1.54, 1.807) is 11.0 Å². The Morgan fingerprint density at radius 1 is 1.02 bits per heavy atom. The fraction of sp³-hybridized carbons (Fsp3) is 0.333. The number of hydrogen-bond donors (Lipinski definition) is 1. The van der Waals surface area contributed by atoms with Crippen molar-refractivity contribution in [1.82, 2.24) is 9.88 Å². The standard InChI is InChI=1S/C36H37N3O5S/c1-3-5-18-39(20-11-17-31(40)41)35(42)25-14-7-6-13-24(25)32-26-21-23-12-10-19-38(4-2)28(23)22-29(26)44-36(43)33(32)34-37-27-15-8-9-16-30(27)45-34/h6-9,13-16,21-22H,3-5,10-12,17-20H2,1-2H3,(H,40,41). The van der Waals surface area contributed by atoms with Crippen LogP contribution in [0.3, 0.4) is 0 Å². The molecule has 3 aromatic carbocycles. The van der Waals surface area contributed by atoms with Gasteiger partial charge in [0.15, 0.2) is 0 Å². The number of rotatable bonds is 11. The van der Waals surface area contributed by atoms with Gasteiger partial charge in [0.2, 0.25) is 0 Å². The van der Waals surface area contributed by atoms with Gasteiger partial charge in [-0.2, -0.15) is 0 Å². The van der Waals surface area contributed by atoms with Crippen LogP contribution in [0.15, 0.2) is 69.9 Å². The molecule has 1 aliphatic rings. The van der Waals surface area contributed by atoms with Gasteiger partial charge >= 0.3 is 11.6 Å². The number of carbonyl (C=O) groups is 2. The van der Waals surface area contributed by atoms with Crippen molar-refractivity contribution in [3.63, 3.8) is 0 Å². The molecule has 0 bridgehead atoms. The Hall–Kier alpha value is -4.50. The SMILES string of the molecule is CCCCN(CCCC(=O)O)C(=O)c1ccccc1-c1c(-c2nc3ccccc3s2)c(=O)oc2cc3c(cc12)CCCN3CC. The number of aliphatic carboxylic acids is 1. The number of hydrogen-bond acceptors (Lipinski definition) is 7. The number of benzene rings is 3. The Morgan fingerprint density at radius 3 is 2.58 bits per heavy atom. The summed E-state index contributed by atoms with van der Waals surface area (Å²) in [4.78, 5) is 48.5. The molecule has 6 rings (SSSR count). The van der Waals surface area contributed by atoms with Gasteiger partial charge in [0.25, 0.3) is 5.91 Å². The second kappa shape index (κ2) is 13.2. The summed E-state index contributed by atoms with van der Waals surface area (Å²) in [6.45, 7) is 6.84. The number of carboxylic acid groups (broad SMARTS) is 1. The summed E-state index contributed by atoms with van der Waals surface area (Å²) >= 11 is 1.43. The van der Waals surface area contributed by atoms with Crippen molar-refractivity contribution in [2.24, 2.45) is 0 Å². The van der Waals surface area contributed by atoms with Crippen molar-refractivity contribution in [2.75, 3.05) is 31.1 Å². The summed E-state index contributed by atoms with van der Waals surface area (Å²) in [6, 6.07) is 19.3. The van der Waals surface area contributed by atoms with E-state index in [2.05, 4.69) is 24.8 Å². The van der Waals surface area contributed by atoms with Crippen LogP contribution in [0.25, 0.3) is 42.9 Å². The number of thiazole rings is 1. The Balaban J connectivity index is 1.59. The van der Waals surface area contributed by atoms with Crippen molar-refractivity contribution in [3.8, 4) is 21.7 Å². The van der Waals surface area contributed by atoms with Gasteiger partial charge in [-0.1, -0.05) is 43.7 Å². The highest BCUT2D eigenvalue weighted by Gasteiger charge is 2.28. The first-order valence-electron chi connectivity index (χ1n) is 15.7. The van der Waals surface area contributed by atoms with Crippen LogP contribution in [-0.4, -0.2) is 53.0 Å². The van der Waals surface area contributed by atoms with Crippen LogP contribution in [0.5, 0.6) is 0 Å². The van der Waals surface area contributed by atoms with Crippen LogP contribution in [0.2, 0.25) is 0 Å². The predicted octanol–water partition coefficient (Wildman–Crippen LogP) is 7.62. The van der Waals surface area contributed by atoms with Crippen molar-refractivity contribution in [3.05, 3.63) is 82.2 Å². The maximum Gasteiger partial charge on any atom is 0.347 e. The van der Waals surface area contributed by atoms with E-state index < -0.39 is 11.6 Å². The van der Waals surface area contributed by atoms with Crippen LogP contribution in [-0.2, 0) is 11.2 Å². The molecular formula is C36H37N3O5S. The first-order valence-corrected chi connectivity index (χ1v) is 16.6. The number of carboxylic acids is 1. The number of aromatic nitrogens is 1. The van der Waals surface area contributed by atoms with Gasteiger partial charge in [-0.05, 0) is 68.0 Å². The summed E-state index contributed by atoms with van der Waals surface area (Å²) in [6.07, 6.45) is 3.99. The zero-order valence-corrected chi connectivity index (χ0v) is 26.5. The van der Waals surface area contributed by atoms with Crippen molar-refractivity contribution < 1.29 is 19.1 Å². The van der Waals surface area contributed by atoms with Crippen LogP contribution < -0.4 is 10.5 Å². The molecule has 1 amide bonds. The molecule has 0 unspecified atom stereocenters. The van der Waals surface area contributed by atoms with Gasteiger partial charge in [0, 0.05) is 60.9 Å². The predicted molar refractivity (Wildman–Crippen MR) is 180 cm³/mol. The van der Waals surface area contributed by atoms with E-state index in [1.165, 1.54) is 16.9 Å². The molecule has 0 spiro atoms. The maximum atomic E-state index is 14.3. The second-order valence-corrected chi connectivity index (χ2v) is 12.5. The first-order chi connectivity index (χ1) is 21.9. The fourth-order valence-electron chi connectivity index (χ4n) is 6.28. The summed E-state index contributed by atoms with van der Waals surface area (Å²) in [7, 11) is 0. The third-order valence-electron chi connectivity index (χ3n) is 8.53. The summed E-state index contributed by atoms with van der Waals surface area (Å²) in [5, 5.41) is 10.5. The van der Waals surface area contributed by atoms with Crippen molar-refractivity contribution in [1.29, 1.82) is 0 Å². The lowest BCUT2D eigenvalue weighted by Crippen LogP contribution is -2.33. The van der Waals surface area contributed by atoms with Crippen LogP contribution >= 0.6 is 11.3 Å². The number of amides is 1. The number of fused-ring (bicyclic) bond motifs is 3. The molecule has 45 heavy (non-hydrogen) atoms. The van der Waals surface area contributed by atoms with E-state index in [0.717, 1.165) is 60.1 Å². The summed E-state index contributed by atoms with van der Waals surface area (Å²) in [5.74, 6) is -1.07. The van der Waals surface area contributed by atoms with Crippen LogP contribution in [0, 0.1) is 0 Å². The molecule has 0 saturated carbocycles. The minimum atomic E-state index is -0.883. The largest absolute Gasteiger partial charge is 0.481 e. The Bertz CT molecular complexity index is 1910. The minimum absolute atomic E-state index is 0.0104. The quantitative estimate of drug-likeness (QED) is 0.151. The average molecular weight is 624 g/mol. The van der Waals surface area contributed by atoms with E-state index in [9.17, 15) is 19.5 Å². The molecule has 0 atom stereocenters. The van der Waals surface area contributed by atoms with Gasteiger partial charge in [-0.25, -0.2) is 9.78 Å². The lowest BCUT2D eigenvalue weighted by Gasteiger charge is -2.30. The topological polar surface area (TPSA) is 104 Å². The van der Waals surface area contributed by atoms with E-state index in [-0.39, 0.29) is 12.3 Å². The number of para-hydroxylation sites is 1. The minimum Gasteiger partial charge on any atom is -0.481 e. The van der Waals surface area contributed by atoms with E-state index in [0.29, 0.717) is 52.4 Å². The zero-order valence-electron chi connectivity index (χ0n) is 25.7. The van der Waals surface area contributed by atoms with Gasteiger partial charge < -0.3 is 19.3 Å². The number of nitrogens with zero attached hydrogens (tertiary/aromatic N) is 3. The highest BCUT2D eigenvalue weighted by atomic mass is 32.1. The molecule has 8 nitrogen and oxygen atoms in total. The summed E-state index contributed by atoms with van der Waals surface area (Å²) < 4.78 is 7.03. The van der Waals surface area contributed by atoms with Gasteiger partial charge in [-0.3, -0.25) is 9.59 Å². The van der Waals surface area contributed by atoms with Gasteiger partial charge in [0.1, 0.15) is 16.2 Å². The maximum absolute atomic E-state index is 14.3. The molecule has 9 heteroatoms. The Morgan fingerprint density at radius 2 is 1.80 bits per heavy atom. The highest BCUT2D eigenvalue weighted by Crippen LogP contribution is 2.42. The number of unbranched alkanes of at least 4 members (excludes halogenated alkanes) is 1.